The molecule has 5 N–H and O–H groups in total. The Bertz CT molecular complexity index is 2540. The van der Waals surface area contributed by atoms with Gasteiger partial charge in [-0.2, -0.15) is 5.10 Å². The van der Waals surface area contributed by atoms with Crippen LogP contribution < -0.4 is 26.4 Å². The lowest BCUT2D eigenvalue weighted by atomic mass is 10.0. The maximum atomic E-state index is 13.6. The number of anilines is 2. The molecule has 0 bridgehead atoms. The zero-order valence-corrected chi connectivity index (χ0v) is 32.6. The summed E-state index contributed by atoms with van der Waals surface area (Å²) in [6.07, 6.45) is 3.79. The zero-order valence-electron chi connectivity index (χ0n) is 32.6. The molecule has 2 aromatic heterocycles. The lowest BCUT2D eigenvalue weighted by Gasteiger charge is -2.33. The lowest BCUT2D eigenvalue weighted by Crippen LogP contribution is -2.54. The summed E-state index contributed by atoms with van der Waals surface area (Å²) < 4.78 is 7.81. The van der Waals surface area contributed by atoms with Gasteiger partial charge in [0.1, 0.15) is 35.4 Å². The number of nitrogen functional groups attached to an aromatic ring is 1. The van der Waals surface area contributed by atoms with Crippen LogP contribution in [0.3, 0.4) is 0 Å². The minimum Gasteiger partial charge on any atom is -0.457 e. The molecule has 6 amide bonds. The van der Waals surface area contributed by atoms with Crippen LogP contribution in [-0.2, 0) is 19.2 Å². The summed E-state index contributed by atoms with van der Waals surface area (Å²) >= 11 is 0. The average molecular weight is 811 g/mol. The van der Waals surface area contributed by atoms with Crippen LogP contribution in [0.4, 0.5) is 11.5 Å². The number of imide groups is 2. The largest absolute Gasteiger partial charge is 0.457 e. The Kier molecular flexibility index (Phi) is 11.0. The SMILES string of the molecule is C=C(CCCNC(=O)CNc1cccc2c1C(=O)N(C1CCC(=O)NC1=O)C2=O)C(=O)N1CCC[C@@H](n2nc(-c3ccc(Oc4ccccc4)cc3)c3c(N)ncnc32)C1. The summed E-state index contributed by atoms with van der Waals surface area (Å²) in [7, 11) is 0. The summed E-state index contributed by atoms with van der Waals surface area (Å²) in [5, 5.41) is 13.5. The number of fused-ring (bicyclic) bond motifs is 2. The fourth-order valence-electron chi connectivity index (χ4n) is 7.86. The number of amides is 6. The molecule has 0 aliphatic carbocycles. The maximum absolute atomic E-state index is 13.6. The van der Waals surface area contributed by atoms with Crippen LogP contribution in [0, 0.1) is 0 Å². The van der Waals surface area contributed by atoms with E-state index in [1.165, 1.54) is 12.4 Å². The second kappa shape index (κ2) is 16.8. The van der Waals surface area contributed by atoms with Crippen molar-refractivity contribution in [3.63, 3.8) is 0 Å². The molecular formula is C43H42N10O7. The summed E-state index contributed by atoms with van der Waals surface area (Å²) in [5.74, 6) is -1.30. The standard InChI is InChI=1S/C43H42N10O7/c1-25(8-6-20-45-34(55)22-46-31-13-5-12-30-35(31)43(59)52(42(30)58)32-18-19-33(54)49-40(32)56)41(57)51-21-7-9-27(23-51)53-39-36(38(44)47-24-48-39)37(50-53)26-14-16-29(17-15-26)60-28-10-3-2-4-11-28/h2-5,10-17,24,27,32,46H,1,6-9,18-23H2,(H,45,55)(H2,44,47,48)(H,49,54,56)/t27-,32?/m1/s1. The fourth-order valence-corrected chi connectivity index (χ4v) is 7.86. The monoisotopic (exact) mass is 810 g/mol. The van der Waals surface area contributed by atoms with Crippen LogP contribution in [0.1, 0.15) is 65.3 Å². The van der Waals surface area contributed by atoms with E-state index in [9.17, 15) is 28.8 Å². The van der Waals surface area contributed by atoms with Crippen molar-refractivity contribution in [2.75, 3.05) is 37.2 Å². The van der Waals surface area contributed by atoms with Crippen molar-refractivity contribution in [3.05, 3.63) is 102 Å². The molecule has 60 heavy (non-hydrogen) atoms. The van der Waals surface area contributed by atoms with E-state index in [0.717, 1.165) is 29.1 Å². The third-order valence-electron chi connectivity index (χ3n) is 10.8. The van der Waals surface area contributed by atoms with Crippen molar-refractivity contribution >= 4 is 58.0 Å². The van der Waals surface area contributed by atoms with Crippen LogP contribution in [0.25, 0.3) is 22.3 Å². The smallest absolute Gasteiger partial charge is 0.264 e. The molecule has 17 heteroatoms. The quantitative estimate of drug-likeness (QED) is 0.0753. The van der Waals surface area contributed by atoms with Gasteiger partial charge in [0.2, 0.25) is 23.6 Å². The Labute approximate surface area is 344 Å². The first kappa shape index (κ1) is 39.4. The van der Waals surface area contributed by atoms with Crippen LogP contribution in [0.5, 0.6) is 11.5 Å². The molecular weight excluding hydrogens is 769 g/mol. The highest BCUT2D eigenvalue weighted by atomic mass is 16.5. The Morgan fingerprint density at radius 2 is 1.72 bits per heavy atom. The van der Waals surface area contributed by atoms with Crippen LogP contribution in [0.2, 0.25) is 0 Å². The second-order valence-corrected chi connectivity index (χ2v) is 14.8. The number of aromatic nitrogens is 4. The predicted molar refractivity (Wildman–Crippen MR) is 220 cm³/mol. The Morgan fingerprint density at radius 1 is 0.933 bits per heavy atom. The number of likely N-dealkylation sites (tertiary alicyclic amines) is 1. The number of para-hydroxylation sites is 1. The van der Waals surface area contributed by atoms with Gasteiger partial charge in [-0.1, -0.05) is 30.8 Å². The number of hydrogen-bond acceptors (Lipinski definition) is 12. The van der Waals surface area contributed by atoms with Gasteiger partial charge in [0, 0.05) is 42.9 Å². The molecule has 2 saturated heterocycles. The molecule has 306 valence electrons. The van der Waals surface area contributed by atoms with Crippen LogP contribution >= 0.6 is 0 Å². The first-order valence-corrected chi connectivity index (χ1v) is 19.7. The van der Waals surface area contributed by atoms with Gasteiger partial charge in [-0.15, -0.1) is 0 Å². The number of carbonyl (C=O) groups is 6. The minimum atomic E-state index is -1.10. The highest BCUT2D eigenvalue weighted by Gasteiger charge is 2.45. The molecule has 0 radical (unpaired) electrons. The van der Waals surface area contributed by atoms with E-state index in [0.29, 0.717) is 59.8 Å². The molecule has 0 spiro atoms. The van der Waals surface area contributed by atoms with Crippen molar-refractivity contribution in [2.45, 2.75) is 50.6 Å². The van der Waals surface area contributed by atoms with Crippen LogP contribution in [0.15, 0.2) is 91.3 Å². The maximum Gasteiger partial charge on any atom is 0.264 e. The van der Waals surface area contributed by atoms with E-state index in [2.05, 4.69) is 32.5 Å². The van der Waals surface area contributed by atoms with Gasteiger partial charge >= 0.3 is 0 Å². The van der Waals surface area contributed by atoms with Gasteiger partial charge in [0.25, 0.3) is 11.8 Å². The lowest BCUT2D eigenvalue weighted by molar-refractivity contribution is -0.136. The van der Waals surface area contributed by atoms with E-state index in [-0.39, 0.29) is 60.6 Å². The second-order valence-electron chi connectivity index (χ2n) is 14.8. The topological polar surface area (TPSA) is 224 Å². The fraction of sp³-hybridized carbons (Fsp3) is 0.279. The number of nitrogens with zero attached hydrogens (tertiary/aromatic N) is 6. The molecule has 3 aliphatic rings. The highest BCUT2D eigenvalue weighted by molar-refractivity contribution is 6.25. The van der Waals surface area contributed by atoms with Gasteiger partial charge < -0.3 is 26.0 Å². The van der Waals surface area contributed by atoms with E-state index in [1.807, 2.05) is 59.3 Å². The summed E-state index contributed by atoms with van der Waals surface area (Å²) in [6, 6.07) is 20.4. The number of nitrogens with two attached hydrogens (primary N) is 1. The normalized spacial score (nSPS) is 17.7. The Balaban J connectivity index is 0.838. The van der Waals surface area contributed by atoms with Crippen molar-refractivity contribution in [3.8, 4) is 22.8 Å². The van der Waals surface area contributed by atoms with E-state index < -0.39 is 29.7 Å². The number of nitrogens with one attached hydrogen (secondary N) is 3. The molecule has 2 atom stereocenters. The van der Waals surface area contributed by atoms with Gasteiger partial charge in [-0.05, 0) is 80.6 Å². The van der Waals surface area contributed by atoms with Gasteiger partial charge in [0.15, 0.2) is 5.65 Å². The van der Waals surface area contributed by atoms with Crippen molar-refractivity contribution in [1.82, 2.24) is 40.2 Å². The highest BCUT2D eigenvalue weighted by Crippen LogP contribution is 2.36. The number of carbonyl (C=O) groups excluding carboxylic acids is 6. The number of ether oxygens (including phenoxy) is 1. The van der Waals surface area contributed by atoms with Gasteiger partial charge in [0.05, 0.1) is 29.1 Å². The molecule has 3 aromatic carbocycles. The molecule has 17 nitrogen and oxygen atoms in total. The number of piperidine rings is 2. The average Bonchev–Trinajstić information content (AvgIpc) is 3.77. The van der Waals surface area contributed by atoms with Crippen molar-refractivity contribution < 1.29 is 33.5 Å². The zero-order chi connectivity index (χ0) is 41.9. The number of hydrogen-bond donors (Lipinski definition) is 4. The summed E-state index contributed by atoms with van der Waals surface area (Å²) in [6.45, 7) is 5.09. The third-order valence-corrected chi connectivity index (χ3v) is 10.8. The number of rotatable bonds is 13. The van der Waals surface area contributed by atoms with E-state index in [4.69, 9.17) is 15.6 Å². The molecule has 0 saturated carbocycles. The molecule has 1 unspecified atom stereocenters. The van der Waals surface area contributed by atoms with E-state index >= 15 is 0 Å². The first-order chi connectivity index (χ1) is 29.1. The van der Waals surface area contributed by atoms with Crippen molar-refractivity contribution in [2.24, 2.45) is 0 Å². The molecule has 5 heterocycles. The molecule has 8 rings (SSSR count). The molecule has 2 fully saturated rings. The van der Waals surface area contributed by atoms with Crippen LogP contribution in [-0.4, -0.2) is 97.2 Å². The molecule has 5 aromatic rings. The first-order valence-electron chi connectivity index (χ1n) is 19.7. The third kappa shape index (κ3) is 7.88. The van der Waals surface area contributed by atoms with Gasteiger partial charge in [-0.25, -0.2) is 14.6 Å². The van der Waals surface area contributed by atoms with Gasteiger partial charge in [-0.3, -0.25) is 39.0 Å². The van der Waals surface area contributed by atoms with Crippen molar-refractivity contribution in [1.29, 1.82) is 0 Å². The Hall–Kier alpha value is -7.43. The summed E-state index contributed by atoms with van der Waals surface area (Å²) in [4.78, 5) is 88.4. The summed E-state index contributed by atoms with van der Waals surface area (Å²) in [5.41, 5.74) is 9.28. The van der Waals surface area contributed by atoms with E-state index in [1.54, 1.807) is 17.0 Å². The molecule has 3 aliphatic heterocycles. The number of benzene rings is 3. The Morgan fingerprint density at radius 3 is 2.50 bits per heavy atom. The predicted octanol–water partition coefficient (Wildman–Crippen LogP) is 4.00. The minimum absolute atomic E-state index is 0.0103.